The van der Waals surface area contributed by atoms with Crippen LogP contribution in [0.4, 0.5) is 5.69 Å². The summed E-state index contributed by atoms with van der Waals surface area (Å²) in [5, 5.41) is 2.94. The predicted octanol–water partition coefficient (Wildman–Crippen LogP) is 2.97. The molecule has 2 rings (SSSR count). The van der Waals surface area contributed by atoms with Crippen LogP contribution in [-0.4, -0.2) is 34.6 Å². The maximum Gasteiger partial charge on any atom is 0.244 e. The SMILES string of the molecule is COc1ccc(NC(=O)[C@H](C)NS(=O)(=O)c2cc(C)ccc2OC)cc1Cl. The Labute approximate surface area is 163 Å². The van der Waals surface area contributed by atoms with Crippen LogP contribution in [0.2, 0.25) is 5.02 Å². The Hall–Kier alpha value is -2.29. The first-order valence-electron chi connectivity index (χ1n) is 7.99. The first-order chi connectivity index (χ1) is 12.7. The van der Waals surface area contributed by atoms with Crippen molar-refractivity contribution < 1.29 is 22.7 Å². The van der Waals surface area contributed by atoms with Crippen molar-refractivity contribution in [3.8, 4) is 11.5 Å². The van der Waals surface area contributed by atoms with Crippen molar-refractivity contribution in [2.45, 2.75) is 24.8 Å². The van der Waals surface area contributed by atoms with Gasteiger partial charge < -0.3 is 14.8 Å². The Morgan fingerprint density at radius 1 is 1.07 bits per heavy atom. The highest BCUT2D eigenvalue weighted by Gasteiger charge is 2.25. The molecule has 1 atom stereocenters. The van der Waals surface area contributed by atoms with Crippen molar-refractivity contribution in [1.29, 1.82) is 0 Å². The summed E-state index contributed by atoms with van der Waals surface area (Å²) in [6, 6.07) is 8.48. The fourth-order valence-corrected chi connectivity index (χ4v) is 4.05. The Morgan fingerprint density at radius 3 is 2.30 bits per heavy atom. The number of carbonyl (C=O) groups excluding carboxylic acids is 1. The van der Waals surface area contributed by atoms with Gasteiger partial charge in [-0.3, -0.25) is 4.79 Å². The molecule has 2 aromatic rings. The summed E-state index contributed by atoms with van der Waals surface area (Å²) < 4.78 is 37.8. The molecule has 0 fully saturated rings. The molecule has 0 saturated carbocycles. The van der Waals surface area contributed by atoms with E-state index in [0.717, 1.165) is 5.56 Å². The minimum Gasteiger partial charge on any atom is -0.495 e. The van der Waals surface area contributed by atoms with Crippen molar-refractivity contribution in [3.05, 3.63) is 47.0 Å². The maximum atomic E-state index is 12.7. The molecule has 0 aliphatic rings. The van der Waals surface area contributed by atoms with Crippen molar-refractivity contribution in [2.75, 3.05) is 19.5 Å². The monoisotopic (exact) mass is 412 g/mol. The molecule has 2 N–H and O–H groups in total. The maximum absolute atomic E-state index is 12.7. The van der Waals surface area contributed by atoms with Gasteiger partial charge in [0.25, 0.3) is 0 Å². The minimum absolute atomic E-state index is 0.0304. The molecule has 0 saturated heterocycles. The third-order valence-corrected chi connectivity index (χ3v) is 5.61. The second-order valence-electron chi connectivity index (χ2n) is 5.84. The van der Waals surface area contributed by atoms with E-state index in [1.54, 1.807) is 31.2 Å². The molecule has 146 valence electrons. The Morgan fingerprint density at radius 2 is 1.70 bits per heavy atom. The van der Waals surface area contributed by atoms with Crippen LogP contribution in [0, 0.1) is 6.92 Å². The molecule has 0 spiro atoms. The van der Waals surface area contributed by atoms with Gasteiger partial charge in [-0.2, -0.15) is 4.72 Å². The molecule has 0 aliphatic carbocycles. The molecule has 0 unspecified atom stereocenters. The first kappa shape index (κ1) is 21.0. The molecular formula is C18H21ClN2O5S. The fraction of sp³-hybridized carbons (Fsp3) is 0.278. The van der Waals surface area contributed by atoms with Crippen LogP contribution in [0.25, 0.3) is 0 Å². The van der Waals surface area contributed by atoms with Gasteiger partial charge in [0.05, 0.1) is 25.3 Å². The number of hydrogen-bond donors (Lipinski definition) is 2. The lowest BCUT2D eigenvalue weighted by atomic mass is 10.2. The van der Waals surface area contributed by atoms with Crippen LogP contribution in [-0.2, 0) is 14.8 Å². The number of sulfonamides is 1. The highest BCUT2D eigenvalue weighted by Crippen LogP contribution is 2.27. The van der Waals surface area contributed by atoms with Gasteiger partial charge in [-0.15, -0.1) is 0 Å². The van der Waals surface area contributed by atoms with Gasteiger partial charge in [0, 0.05) is 5.69 Å². The molecule has 0 heterocycles. The lowest BCUT2D eigenvalue weighted by molar-refractivity contribution is -0.117. The summed E-state index contributed by atoms with van der Waals surface area (Å²) in [5.74, 6) is 0.129. The van der Waals surface area contributed by atoms with E-state index in [9.17, 15) is 13.2 Å². The lowest BCUT2D eigenvalue weighted by Gasteiger charge is -2.16. The summed E-state index contributed by atoms with van der Waals surface area (Å²) >= 11 is 6.03. The zero-order valence-corrected chi connectivity index (χ0v) is 16.9. The smallest absolute Gasteiger partial charge is 0.244 e. The summed E-state index contributed by atoms with van der Waals surface area (Å²) in [5.41, 5.74) is 1.17. The van der Waals surface area contributed by atoms with E-state index >= 15 is 0 Å². The molecule has 9 heteroatoms. The quantitative estimate of drug-likeness (QED) is 0.729. The highest BCUT2D eigenvalue weighted by atomic mass is 35.5. The number of halogens is 1. The number of nitrogens with one attached hydrogen (secondary N) is 2. The van der Waals surface area contributed by atoms with Gasteiger partial charge in [-0.1, -0.05) is 17.7 Å². The third kappa shape index (κ3) is 5.12. The number of carbonyl (C=O) groups is 1. The summed E-state index contributed by atoms with van der Waals surface area (Å²) in [6.07, 6.45) is 0. The second-order valence-corrected chi connectivity index (χ2v) is 7.93. The van der Waals surface area contributed by atoms with E-state index in [-0.39, 0.29) is 10.6 Å². The van der Waals surface area contributed by atoms with E-state index < -0.39 is 22.0 Å². The number of aryl methyl sites for hydroxylation is 1. The normalized spacial score (nSPS) is 12.3. The largest absolute Gasteiger partial charge is 0.495 e. The number of hydrogen-bond acceptors (Lipinski definition) is 5. The Bertz CT molecular complexity index is 947. The van der Waals surface area contributed by atoms with Gasteiger partial charge in [0.15, 0.2) is 0 Å². The van der Waals surface area contributed by atoms with Crippen LogP contribution in [0.3, 0.4) is 0 Å². The molecule has 7 nitrogen and oxygen atoms in total. The molecule has 2 aromatic carbocycles. The average molecular weight is 413 g/mol. The zero-order valence-electron chi connectivity index (χ0n) is 15.4. The van der Waals surface area contributed by atoms with E-state index in [1.165, 1.54) is 33.3 Å². The Kier molecular flexibility index (Phi) is 6.69. The lowest BCUT2D eigenvalue weighted by Crippen LogP contribution is -2.41. The van der Waals surface area contributed by atoms with Gasteiger partial charge in [0.1, 0.15) is 16.4 Å². The zero-order chi connectivity index (χ0) is 20.2. The summed E-state index contributed by atoms with van der Waals surface area (Å²) in [7, 11) is -1.10. The number of benzene rings is 2. The highest BCUT2D eigenvalue weighted by molar-refractivity contribution is 7.89. The minimum atomic E-state index is -3.96. The van der Waals surface area contributed by atoms with Crippen molar-refractivity contribution in [1.82, 2.24) is 4.72 Å². The van der Waals surface area contributed by atoms with Gasteiger partial charge in [-0.05, 0) is 49.7 Å². The van der Waals surface area contributed by atoms with E-state index in [0.29, 0.717) is 16.5 Å². The van der Waals surface area contributed by atoms with E-state index in [1.807, 2.05) is 0 Å². The molecule has 0 bridgehead atoms. The van der Waals surface area contributed by atoms with Crippen molar-refractivity contribution in [3.63, 3.8) is 0 Å². The molecular weight excluding hydrogens is 392 g/mol. The van der Waals surface area contributed by atoms with Crippen LogP contribution in [0.15, 0.2) is 41.3 Å². The molecule has 0 aliphatic heterocycles. The summed E-state index contributed by atoms with van der Waals surface area (Å²) in [6.45, 7) is 3.21. The molecule has 0 aromatic heterocycles. The van der Waals surface area contributed by atoms with Gasteiger partial charge in [0.2, 0.25) is 15.9 Å². The summed E-state index contributed by atoms with van der Waals surface area (Å²) in [4.78, 5) is 12.3. The molecule has 1 amide bonds. The number of amides is 1. The third-order valence-electron chi connectivity index (χ3n) is 3.75. The number of ether oxygens (including phenoxy) is 2. The van der Waals surface area contributed by atoms with E-state index in [4.69, 9.17) is 21.1 Å². The first-order valence-corrected chi connectivity index (χ1v) is 9.85. The van der Waals surface area contributed by atoms with Crippen LogP contribution < -0.4 is 19.5 Å². The van der Waals surface area contributed by atoms with Gasteiger partial charge >= 0.3 is 0 Å². The number of methoxy groups -OCH3 is 2. The number of rotatable bonds is 7. The predicted molar refractivity (Wildman–Crippen MR) is 104 cm³/mol. The Balaban J connectivity index is 2.16. The van der Waals surface area contributed by atoms with Crippen molar-refractivity contribution in [2.24, 2.45) is 0 Å². The number of anilines is 1. The van der Waals surface area contributed by atoms with Crippen LogP contribution in [0.1, 0.15) is 12.5 Å². The molecule has 27 heavy (non-hydrogen) atoms. The second kappa shape index (κ2) is 8.60. The standard InChI is InChI=1S/C18H21ClN2O5S/c1-11-5-7-16(26-4)17(9-11)27(23,24)21-12(2)18(22)20-13-6-8-15(25-3)14(19)10-13/h5-10,12,21H,1-4H3,(H,20,22)/t12-/m0/s1. The fourth-order valence-electron chi connectivity index (χ4n) is 2.34. The topological polar surface area (TPSA) is 93.7 Å². The van der Waals surface area contributed by atoms with Crippen molar-refractivity contribution >= 4 is 33.2 Å². The van der Waals surface area contributed by atoms with Crippen LogP contribution in [0.5, 0.6) is 11.5 Å². The van der Waals surface area contributed by atoms with Crippen LogP contribution >= 0.6 is 11.6 Å². The van der Waals surface area contributed by atoms with E-state index in [2.05, 4.69) is 10.0 Å². The average Bonchev–Trinajstić information content (AvgIpc) is 2.61. The van der Waals surface area contributed by atoms with Gasteiger partial charge in [-0.25, -0.2) is 8.42 Å². The molecule has 0 radical (unpaired) electrons.